The lowest BCUT2D eigenvalue weighted by atomic mass is 10.1. The highest BCUT2D eigenvalue weighted by molar-refractivity contribution is 6.31. The molecule has 0 saturated carbocycles. The fourth-order valence-electron chi connectivity index (χ4n) is 2.06. The van der Waals surface area contributed by atoms with Crippen LogP contribution in [0, 0.1) is 6.92 Å². The van der Waals surface area contributed by atoms with Crippen molar-refractivity contribution in [2.75, 3.05) is 17.2 Å². The molecule has 2 rings (SSSR count). The van der Waals surface area contributed by atoms with Gasteiger partial charge in [0.05, 0.1) is 11.4 Å². The van der Waals surface area contributed by atoms with Crippen LogP contribution in [-0.2, 0) is 0 Å². The average molecular weight is 261 g/mol. The highest BCUT2D eigenvalue weighted by atomic mass is 35.5. The molecule has 3 heteroatoms. The molecule has 0 amide bonds. The summed E-state index contributed by atoms with van der Waals surface area (Å²) in [7, 11) is 0. The number of anilines is 3. The molecule has 2 N–H and O–H groups in total. The van der Waals surface area contributed by atoms with Crippen LogP contribution >= 0.6 is 11.6 Å². The molecule has 0 aliphatic carbocycles. The summed E-state index contributed by atoms with van der Waals surface area (Å²) in [4.78, 5) is 2.18. The van der Waals surface area contributed by atoms with Crippen molar-refractivity contribution in [2.24, 2.45) is 0 Å². The quantitative estimate of drug-likeness (QED) is 0.830. The minimum atomic E-state index is 0.663. The standard InChI is InChI=1S/C15H17ClN2/c1-3-18(13-6-4-5-11(2)9-13)15-8-7-12(16)10-14(15)17/h4-10H,3,17H2,1-2H3. The molecule has 18 heavy (non-hydrogen) atoms. The maximum Gasteiger partial charge on any atom is 0.0645 e. The molecule has 0 aliphatic heterocycles. The number of hydrogen-bond donors (Lipinski definition) is 1. The van der Waals surface area contributed by atoms with Crippen molar-refractivity contribution >= 4 is 28.7 Å². The van der Waals surface area contributed by atoms with Crippen LogP contribution in [0.15, 0.2) is 42.5 Å². The molecule has 0 fully saturated rings. The van der Waals surface area contributed by atoms with Crippen molar-refractivity contribution in [3.63, 3.8) is 0 Å². The molecule has 2 aromatic carbocycles. The molecule has 0 saturated heterocycles. The fourth-order valence-corrected chi connectivity index (χ4v) is 2.24. The van der Waals surface area contributed by atoms with Gasteiger partial charge in [0.25, 0.3) is 0 Å². The first kappa shape index (κ1) is 12.8. The van der Waals surface area contributed by atoms with Crippen LogP contribution in [0.2, 0.25) is 5.02 Å². The van der Waals surface area contributed by atoms with Crippen LogP contribution in [0.25, 0.3) is 0 Å². The Balaban J connectivity index is 2.45. The number of halogens is 1. The van der Waals surface area contributed by atoms with Gasteiger partial charge in [0.2, 0.25) is 0 Å². The fraction of sp³-hybridized carbons (Fsp3) is 0.200. The van der Waals surface area contributed by atoms with Gasteiger partial charge >= 0.3 is 0 Å². The van der Waals surface area contributed by atoms with Crippen LogP contribution in [-0.4, -0.2) is 6.54 Å². The van der Waals surface area contributed by atoms with E-state index in [1.807, 2.05) is 12.1 Å². The number of nitrogens with zero attached hydrogens (tertiary/aromatic N) is 1. The van der Waals surface area contributed by atoms with E-state index in [9.17, 15) is 0 Å². The summed E-state index contributed by atoms with van der Waals surface area (Å²) in [6.45, 7) is 5.05. The number of benzene rings is 2. The highest BCUT2D eigenvalue weighted by Crippen LogP contribution is 2.32. The number of nitrogen functional groups attached to an aromatic ring is 1. The van der Waals surface area contributed by atoms with E-state index in [0.29, 0.717) is 10.7 Å². The van der Waals surface area contributed by atoms with E-state index in [-0.39, 0.29) is 0 Å². The third-order valence-electron chi connectivity index (χ3n) is 2.91. The number of nitrogens with two attached hydrogens (primary N) is 1. The summed E-state index contributed by atoms with van der Waals surface area (Å²) in [5, 5.41) is 0.663. The van der Waals surface area contributed by atoms with Gasteiger partial charge in [-0.3, -0.25) is 0 Å². The van der Waals surface area contributed by atoms with Crippen LogP contribution in [0.4, 0.5) is 17.1 Å². The summed E-state index contributed by atoms with van der Waals surface area (Å²) in [5.74, 6) is 0. The Morgan fingerprint density at radius 1 is 1.17 bits per heavy atom. The molecule has 0 spiro atoms. The topological polar surface area (TPSA) is 29.3 Å². The lowest BCUT2D eigenvalue weighted by Gasteiger charge is -2.25. The lowest BCUT2D eigenvalue weighted by molar-refractivity contribution is 1.02. The van der Waals surface area contributed by atoms with Gasteiger partial charge in [0.1, 0.15) is 0 Å². The van der Waals surface area contributed by atoms with Crippen molar-refractivity contribution in [3.8, 4) is 0 Å². The van der Waals surface area contributed by atoms with Gasteiger partial charge < -0.3 is 10.6 Å². The van der Waals surface area contributed by atoms with Crippen molar-refractivity contribution < 1.29 is 0 Å². The van der Waals surface area contributed by atoms with E-state index >= 15 is 0 Å². The van der Waals surface area contributed by atoms with E-state index < -0.39 is 0 Å². The molecule has 0 aliphatic rings. The Morgan fingerprint density at radius 2 is 1.94 bits per heavy atom. The van der Waals surface area contributed by atoms with Crippen LogP contribution in [0.3, 0.4) is 0 Å². The van der Waals surface area contributed by atoms with Gasteiger partial charge in [-0.2, -0.15) is 0 Å². The Bertz CT molecular complexity index is 552. The predicted octanol–water partition coefficient (Wildman–Crippen LogP) is 4.39. The first-order valence-corrected chi connectivity index (χ1v) is 6.39. The average Bonchev–Trinajstić information content (AvgIpc) is 2.33. The monoisotopic (exact) mass is 260 g/mol. The van der Waals surface area contributed by atoms with Crippen molar-refractivity contribution in [1.29, 1.82) is 0 Å². The van der Waals surface area contributed by atoms with Gasteiger partial charge in [0, 0.05) is 17.3 Å². The number of aryl methyl sites for hydroxylation is 1. The molecular formula is C15H17ClN2. The normalized spacial score (nSPS) is 10.4. The lowest BCUT2D eigenvalue weighted by Crippen LogP contribution is -2.17. The zero-order valence-corrected chi connectivity index (χ0v) is 11.4. The Kier molecular flexibility index (Phi) is 3.78. The van der Waals surface area contributed by atoms with Gasteiger partial charge in [-0.1, -0.05) is 23.7 Å². The second-order valence-electron chi connectivity index (χ2n) is 4.29. The molecule has 0 bridgehead atoms. The Morgan fingerprint density at radius 3 is 2.56 bits per heavy atom. The number of hydrogen-bond acceptors (Lipinski definition) is 2. The zero-order chi connectivity index (χ0) is 13.1. The first-order valence-electron chi connectivity index (χ1n) is 6.01. The van der Waals surface area contributed by atoms with E-state index in [4.69, 9.17) is 17.3 Å². The summed E-state index contributed by atoms with van der Waals surface area (Å²) < 4.78 is 0. The summed E-state index contributed by atoms with van der Waals surface area (Å²) in [6, 6.07) is 14.0. The van der Waals surface area contributed by atoms with E-state index in [1.165, 1.54) is 5.56 Å². The molecule has 0 heterocycles. The van der Waals surface area contributed by atoms with Gasteiger partial charge in [-0.15, -0.1) is 0 Å². The van der Waals surface area contributed by atoms with E-state index in [1.54, 1.807) is 6.07 Å². The Labute approximate surface area is 113 Å². The van der Waals surface area contributed by atoms with Crippen LogP contribution < -0.4 is 10.6 Å². The summed E-state index contributed by atoms with van der Waals surface area (Å²) in [5.41, 5.74) is 10.1. The highest BCUT2D eigenvalue weighted by Gasteiger charge is 2.10. The third-order valence-corrected chi connectivity index (χ3v) is 3.15. The molecule has 0 aromatic heterocycles. The van der Waals surface area contributed by atoms with Crippen molar-refractivity contribution in [2.45, 2.75) is 13.8 Å². The zero-order valence-electron chi connectivity index (χ0n) is 10.7. The van der Waals surface area contributed by atoms with Crippen LogP contribution in [0.5, 0.6) is 0 Å². The first-order chi connectivity index (χ1) is 8.61. The largest absolute Gasteiger partial charge is 0.397 e. The molecule has 94 valence electrons. The van der Waals surface area contributed by atoms with Gasteiger partial charge in [-0.25, -0.2) is 0 Å². The van der Waals surface area contributed by atoms with Gasteiger partial charge in [-0.05, 0) is 49.7 Å². The third kappa shape index (κ3) is 2.59. The molecular weight excluding hydrogens is 244 g/mol. The molecule has 0 atom stereocenters. The smallest absolute Gasteiger partial charge is 0.0645 e. The maximum absolute atomic E-state index is 6.05. The number of rotatable bonds is 3. The minimum absolute atomic E-state index is 0.663. The Hall–Kier alpha value is -1.67. The van der Waals surface area contributed by atoms with Crippen molar-refractivity contribution in [1.82, 2.24) is 0 Å². The van der Waals surface area contributed by atoms with Crippen molar-refractivity contribution in [3.05, 3.63) is 53.1 Å². The summed E-state index contributed by atoms with van der Waals surface area (Å²) in [6.07, 6.45) is 0. The second kappa shape index (κ2) is 5.32. The van der Waals surface area contributed by atoms with Gasteiger partial charge in [0.15, 0.2) is 0 Å². The SMILES string of the molecule is CCN(c1cccc(C)c1)c1ccc(Cl)cc1N. The molecule has 2 nitrogen and oxygen atoms in total. The summed E-state index contributed by atoms with van der Waals surface area (Å²) >= 11 is 5.94. The maximum atomic E-state index is 6.05. The predicted molar refractivity (Wildman–Crippen MR) is 79.7 cm³/mol. The van der Waals surface area contributed by atoms with E-state index in [2.05, 4.69) is 43.0 Å². The molecule has 2 aromatic rings. The van der Waals surface area contributed by atoms with E-state index in [0.717, 1.165) is 17.9 Å². The molecule has 0 unspecified atom stereocenters. The van der Waals surface area contributed by atoms with Crippen LogP contribution in [0.1, 0.15) is 12.5 Å². The second-order valence-corrected chi connectivity index (χ2v) is 4.72. The molecule has 0 radical (unpaired) electrons. The minimum Gasteiger partial charge on any atom is -0.397 e.